The van der Waals surface area contributed by atoms with E-state index in [1.54, 1.807) is 24.3 Å². The minimum Gasteiger partial charge on any atom is -0.508 e. The van der Waals surface area contributed by atoms with Crippen LogP contribution in [0.2, 0.25) is 5.02 Å². The first-order valence-electron chi connectivity index (χ1n) is 5.31. The summed E-state index contributed by atoms with van der Waals surface area (Å²) in [6.45, 7) is 0. The predicted molar refractivity (Wildman–Crippen MR) is 68.3 cm³/mol. The first-order valence-corrected chi connectivity index (χ1v) is 5.69. The lowest BCUT2D eigenvalue weighted by Crippen LogP contribution is -1.77. The van der Waals surface area contributed by atoms with Crippen LogP contribution in [0.1, 0.15) is 0 Å². The van der Waals surface area contributed by atoms with Gasteiger partial charge in [0.1, 0.15) is 22.9 Å². The molecule has 0 fully saturated rings. The van der Waals surface area contributed by atoms with Gasteiger partial charge in [0.25, 0.3) is 0 Å². The Kier molecular flexibility index (Phi) is 2.49. The largest absolute Gasteiger partial charge is 0.508 e. The normalized spacial score (nSPS) is 11.0. The van der Waals surface area contributed by atoms with E-state index in [-0.39, 0.29) is 5.75 Å². The maximum atomic E-state index is 13.2. The van der Waals surface area contributed by atoms with E-state index in [4.69, 9.17) is 16.0 Å². The molecule has 0 radical (unpaired) electrons. The van der Waals surface area contributed by atoms with E-state index >= 15 is 0 Å². The van der Waals surface area contributed by atoms with Crippen molar-refractivity contribution < 1.29 is 13.9 Å². The number of hydrogen-bond donors (Lipinski definition) is 1. The molecule has 0 bridgehead atoms. The Hall–Kier alpha value is -2.00. The minimum absolute atomic E-state index is 0.136. The molecule has 0 amide bonds. The van der Waals surface area contributed by atoms with Gasteiger partial charge in [0.2, 0.25) is 0 Å². The summed E-state index contributed by atoms with van der Waals surface area (Å²) in [4.78, 5) is 0. The average molecular weight is 263 g/mol. The van der Waals surface area contributed by atoms with E-state index in [1.807, 2.05) is 0 Å². The van der Waals surface area contributed by atoms with Crippen molar-refractivity contribution in [3.63, 3.8) is 0 Å². The SMILES string of the molecule is Oc1cc(F)cc(-c2cc3cc(Cl)ccc3o2)c1. The molecule has 0 atom stereocenters. The molecule has 2 aromatic carbocycles. The van der Waals surface area contributed by atoms with Gasteiger partial charge in [0.15, 0.2) is 0 Å². The zero-order valence-electron chi connectivity index (χ0n) is 9.15. The number of furan rings is 1. The second-order valence-corrected chi connectivity index (χ2v) is 4.43. The van der Waals surface area contributed by atoms with Crippen LogP contribution >= 0.6 is 11.6 Å². The molecular weight excluding hydrogens is 255 g/mol. The summed E-state index contributed by atoms with van der Waals surface area (Å²) in [7, 11) is 0. The number of rotatable bonds is 1. The number of fused-ring (bicyclic) bond motifs is 1. The Morgan fingerprint density at radius 3 is 2.67 bits per heavy atom. The second kappa shape index (κ2) is 4.03. The van der Waals surface area contributed by atoms with Crippen LogP contribution in [0.15, 0.2) is 46.9 Å². The van der Waals surface area contributed by atoms with Crippen molar-refractivity contribution in [2.45, 2.75) is 0 Å². The van der Waals surface area contributed by atoms with Crippen LogP contribution < -0.4 is 0 Å². The molecule has 1 heterocycles. The third-order valence-electron chi connectivity index (χ3n) is 2.65. The fraction of sp³-hybridized carbons (Fsp3) is 0. The zero-order chi connectivity index (χ0) is 12.7. The first kappa shape index (κ1) is 11.1. The number of phenols is 1. The molecule has 0 saturated carbocycles. The van der Waals surface area contributed by atoms with Crippen molar-refractivity contribution >= 4 is 22.6 Å². The maximum Gasteiger partial charge on any atom is 0.135 e. The standard InChI is InChI=1S/C14H8ClFO2/c15-10-1-2-13-8(3-10)6-14(18-13)9-4-11(16)7-12(17)5-9/h1-7,17H. The average Bonchev–Trinajstić information content (AvgIpc) is 2.70. The monoisotopic (exact) mass is 262 g/mol. The third kappa shape index (κ3) is 1.93. The lowest BCUT2D eigenvalue weighted by molar-refractivity contribution is 0.469. The maximum absolute atomic E-state index is 13.2. The lowest BCUT2D eigenvalue weighted by atomic mass is 10.1. The highest BCUT2D eigenvalue weighted by Gasteiger charge is 2.09. The predicted octanol–water partition coefficient (Wildman–Crippen LogP) is 4.60. The summed E-state index contributed by atoms with van der Waals surface area (Å²) < 4.78 is 18.8. The van der Waals surface area contributed by atoms with E-state index in [0.717, 1.165) is 11.5 Å². The molecule has 4 heteroatoms. The van der Waals surface area contributed by atoms with Crippen LogP contribution in [0.25, 0.3) is 22.3 Å². The van der Waals surface area contributed by atoms with E-state index in [1.165, 1.54) is 12.1 Å². The molecule has 0 saturated heterocycles. The van der Waals surface area contributed by atoms with Crippen LogP contribution in [-0.4, -0.2) is 5.11 Å². The van der Waals surface area contributed by atoms with Gasteiger partial charge in [-0.2, -0.15) is 0 Å². The third-order valence-corrected chi connectivity index (χ3v) is 2.88. The van der Waals surface area contributed by atoms with Crippen molar-refractivity contribution in [1.82, 2.24) is 0 Å². The highest BCUT2D eigenvalue weighted by Crippen LogP contribution is 2.31. The number of phenolic OH excluding ortho intramolecular Hbond substituents is 1. The van der Waals surface area contributed by atoms with Crippen molar-refractivity contribution in [2.75, 3.05) is 0 Å². The van der Waals surface area contributed by atoms with E-state index < -0.39 is 5.82 Å². The fourth-order valence-corrected chi connectivity index (χ4v) is 2.05. The first-order chi connectivity index (χ1) is 8.61. The van der Waals surface area contributed by atoms with E-state index in [2.05, 4.69) is 0 Å². The van der Waals surface area contributed by atoms with Gasteiger partial charge >= 0.3 is 0 Å². The van der Waals surface area contributed by atoms with Gasteiger partial charge in [0.05, 0.1) is 0 Å². The van der Waals surface area contributed by atoms with Gasteiger partial charge in [-0.3, -0.25) is 0 Å². The number of halogens is 2. The van der Waals surface area contributed by atoms with Gasteiger partial charge in [-0.15, -0.1) is 0 Å². The number of aromatic hydroxyl groups is 1. The molecule has 0 aliphatic carbocycles. The van der Waals surface area contributed by atoms with Gasteiger partial charge in [-0.05, 0) is 36.4 Å². The minimum atomic E-state index is -0.511. The molecule has 0 aliphatic heterocycles. The number of hydrogen-bond acceptors (Lipinski definition) is 2. The van der Waals surface area contributed by atoms with Crippen molar-refractivity contribution in [3.8, 4) is 17.1 Å². The zero-order valence-corrected chi connectivity index (χ0v) is 9.91. The molecule has 1 aromatic heterocycles. The molecule has 2 nitrogen and oxygen atoms in total. The summed E-state index contributed by atoms with van der Waals surface area (Å²) >= 11 is 5.88. The molecule has 0 unspecified atom stereocenters. The Labute approximate surface area is 107 Å². The van der Waals surface area contributed by atoms with Crippen molar-refractivity contribution in [1.29, 1.82) is 0 Å². The molecule has 90 valence electrons. The fourth-order valence-electron chi connectivity index (χ4n) is 1.87. The Bertz CT molecular complexity index is 713. The second-order valence-electron chi connectivity index (χ2n) is 3.99. The summed E-state index contributed by atoms with van der Waals surface area (Å²) in [5.41, 5.74) is 1.15. The topological polar surface area (TPSA) is 33.4 Å². The molecule has 18 heavy (non-hydrogen) atoms. The van der Waals surface area contributed by atoms with E-state index in [9.17, 15) is 9.50 Å². The van der Waals surface area contributed by atoms with E-state index in [0.29, 0.717) is 21.9 Å². The smallest absolute Gasteiger partial charge is 0.135 e. The van der Waals surface area contributed by atoms with Crippen LogP contribution in [0.5, 0.6) is 5.75 Å². The Morgan fingerprint density at radius 1 is 1.06 bits per heavy atom. The highest BCUT2D eigenvalue weighted by atomic mass is 35.5. The summed E-state index contributed by atoms with van der Waals surface area (Å²) in [5.74, 6) is -0.158. The van der Waals surface area contributed by atoms with Gasteiger partial charge in [0, 0.05) is 22.0 Å². The molecule has 0 spiro atoms. The summed E-state index contributed by atoms with van der Waals surface area (Å²) in [6.07, 6.45) is 0. The van der Waals surface area contributed by atoms with Crippen LogP contribution in [0.4, 0.5) is 4.39 Å². The van der Waals surface area contributed by atoms with Gasteiger partial charge in [-0.25, -0.2) is 4.39 Å². The van der Waals surface area contributed by atoms with Crippen molar-refractivity contribution in [2.24, 2.45) is 0 Å². The lowest BCUT2D eigenvalue weighted by Gasteiger charge is -1.98. The Balaban J connectivity index is 2.19. The highest BCUT2D eigenvalue weighted by molar-refractivity contribution is 6.31. The molecular formula is C14H8ClFO2. The van der Waals surface area contributed by atoms with Crippen LogP contribution in [-0.2, 0) is 0 Å². The molecule has 3 aromatic rings. The quantitative estimate of drug-likeness (QED) is 0.695. The summed E-state index contributed by atoms with van der Waals surface area (Å²) in [5, 5.41) is 10.8. The molecule has 1 N–H and O–H groups in total. The molecule has 0 aliphatic rings. The number of benzene rings is 2. The summed E-state index contributed by atoms with van der Waals surface area (Å²) in [6, 6.07) is 10.8. The van der Waals surface area contributed by atoms with Gasteiger partial charge in [-0.1, -0.05) is 11.6 Å². The van der Waals surface area contributed by atoms with Crippen molar-refractivity contribution in [3.05, 3.63) is 53.3 Å². The Morgan fingerprint density at radius 2 is 1.89 bits per heavy atom. The van der Waals surface area contributed by atoms with Crippen LogP contribution in [0.3, 0.4) is 0 Å². The van der Waals surface area contributed by atoms with Crippen LogP contribution in [0, 0.1) is 5.82 Å². The van der Waals surface area contributed by atoms with Gasteiger partial charge < -0.3 is 9.52 Å². The molecule has 3 rings (SSSR count).